The van der Waals surface area contributed by atoms with Gasteiger partial charge in [0.15, 0.2) is 0 Å². The monoisotopic (exact) mass is 408 g/mol. The number of allylic oxidation sites excluding steroid dienone is 6. The van der Waals surface area contributed by atoms with Crippen molar-refractivity contribution in [3.63, 3.8) is 0 Å². The first-order valence-corrected chi connectivity index (χ1v) is 10.6. The number of rotatable bonds is 12. The van der Waals surface area contributed by atoms with Crippen molar-refractivity contribution in [1.29, 1.82) is 0 Å². The van der Waals surface area contributed by atoms with Crippen LogP contribution in [0.5, 0.6) is 5.75 Å². The molecule has 160 valence electrons. The zero-order valence-corrected chi connectivity index (χ0v) is 17.9. The average molecular weight is 409 g/mol. The maximum atomic E-state index is 11.3. The van der Waals surface area contributed by atoms with E-state index in [2.05, 4.69) is 26.0 Å². The molecule has 30 heavy (non-hydrogen) atoms. The molecule has 1 N–H and O–H groups in total. The van der Waals surface area contributed by atoms with Crippen molar-refractivity contribution in [2.24, 2.45) is 5.92 Å². The molecule has 0 aliphatic carbocycles. The second-order valence-electron chi connectivity index (χ2n) is 7.10. The number of fused-ring (bicyclic) bond motifs is 1. The van der Waals surface area contributed by atoms with E-state index in [0.717, 1.165) is 24.6 Å². The normalized spacial score (nSPS) is 14.5. The molecule has 0 unspecified atom stereocenters. The molecule has 0 radical (unpaired) electrons. The van der Waals surface area contributed by atoms with Crippen molar-refractivity contribution >= 4 is 11.0 Å². The van der Waals surface area contributed by atoms with E-state index in [4.69, 9.17) is 9.15 Å². The summed E-state index contributed by atoms with van der Waals surface area (Å²) in [7, 11) is 0. The van der Waals surface area contributed by atoms with Crippen LogP contribution in [0.25, 0.3) is 11.0 Å². The Morgan fingerprint density at radius 2 is 1.80 bits per heavy atom. The fourth-order valence-corrected chi connectivity index (χ4v) is 2.92. The second-order valence-corrected chi connectivity index (χ2v) is 7.10. The van der Waals surface area contributed by atoms with Crippen LogP contribution in [0.3, 0.4) is 0 Å². The number of aliphatic hydroxyl groups excluding tert-OH is 1. The van der Waals surface area contributed by atoms with E-state index in [1.54, 1.807) is 18.2 Å². The molecule has 0 saturated carbocycles. The maximum absolute atomic E-state index is 11.3. The van der Waals surface area contributed by atoms with E-state index in [1.165, 1.54) is 6.07 Å². The van der Waals surface area contributed by atoms with Gasteiger partial charge in [-0.05, 0) is 49.8 Å². The minimum Gasteiger partial charge on any atom is -0.493 e. The van der Waals surface area contributed by atoms with E-state index >= 15 is 0 Å². The molecule has 4 heteroatoms. The summed E-state index contributed by atoms with van der Waals surface area (Å²) >= 11 is 0. The summed E-state index contributed by atoms with van der Waals surface area (Å²) in [6, 6.07) is 8.70. The first-order chi connectivity index (χ1) is 14.6. The van der Waals surface area contributed by atoms with Gasteiger partial charge in [0.25, 0.3) is 0 Å². The van der Waals surface area contributed by atoms with Crippen LogP contribution in [-0.2, 0) is 0 Å². The summed E-state index contributed by atoms with van der Waals surface area (Å²) in [4.78, 5) is 11.3. The van der Waals surface area contributed by atoms with Gasteiger partial charge < -0.3 is 14.3 Å². The third kappa shape index (κ3) is 8.66. The zero-order chi connectivity index (χ0) is 21.6. The Kier molecular flexibility index (Phi) is 10.5. The van der Waals surface area contributed by atoms with Gasteiger partial charge >= 0.3 is 5.63 Å². The first kappa shape index (κ1) is 23.4. The molecule has 1 heterocycles. The lowest BCUT2D eigenvalue weighted by molar-refractivity contribution is 0.227. The van der Waals surface area contributed by atoms with Gasteiger partial charge in [0.05, 0.1) is 12.7 Å². The van der Waals surface area contributed by atoms with Crippen molar-refractivity contribution in [2.45, 2.75) is 45.6 Å². The van der Waals surface area contributed by atoms with Crippen LogP contribution >= 0.6 is 0 Å². The number of hydrogen-bond donors (Lipinski definition) is 1. The van der Waals surface area contributed by atoms with Gasteiger partial charge in [0.1, 0.15) is 11.3 Å². The molecular formula is C26H32O4. The second kappa shape index (κ2) is 13.4. The lowest BCUT2D eigenvalue weighted by atomic mass is 10.0. The molecular weight excluding hydrogens is 376 g/mol. The molecule has 4 nitrogen and oxygen atoms in total. The Morgan fingerprint density at radius 3 is 2.57 bits per heavy atom. The third-order valence-electron chi connectivity index (χ3n) is 4.71. The predicted molar refractivity (Wildman–Crippen MR) is 124 cm³/mol. The zero-order valence-electron chi connectivity index (χ0n) is 17.9. The minimum atomic E-state index is -0.440. The maximum Gasteiger partial charge on any atom is 0.336 e. The Hall–Kier alpha value is -2.85. The highest BCUT2D eigenvalue weighted by Crippen LogP contribution is 2.20. The molecule has 2 aromatic rings. The molecule has 1 aromatic heterocycles. The van der Waals surface area contributed by atoms with Crippen molar-refractivity contribution in [1.82, 2.24) is 0 Å². The quantitative estimate of drug-likeness (QED) is 0.267. The average Bonchev–Trinajstić information content (AvgIpc) is 2.74. The predicted octanol–water partition coefficient (Wildman–Crippen LogP) is 5.97. The highest BCUT2D eigenvalue weighted by Gasteiger charge is 2.04. The third-order valence-corrected chi connectivity index (χ3v) is 4.71. The Bertz CT molecular complexity index is 933. The lowest BCUT2D eigenvalue weighted by Crippen LogP contribution is -2.04. The fraction of sp³-hybridized carbons (Fsp3) is 0.346. The fourth-order valence-electron chi connectivity index (χ4n) is 2.92. The number of ether oxygens (including phenoxy) is 1. The summed E-state index contributed by atoms with van der Waals surface area (Å²) in [5, 5.41) is 10.7. The van der Waals surface area contributed by atoms with Crippen molar-refractivity contribution in [3.8, 4) is 5.75 Å². The van der Waals surface area contributed by atoms with Crippen LogP contribution in [-0.4, -0.2) is 17.8 Å². The van der Waals surface area contributed by atoms with Crippen LogP contribution < -0.4 is 10.4 Å². The molecule has 0 spiro atoms. The molecule has 2 atom stereocenters. The first-order valence-electron chi connectivity index (χ1n) is 10.6. The molecule has 0 amide bonds. The summed E-state index contributed by atoms with van der Waals surface area (Å²) in [5.41, 5.74) is 0.179. The van der Waals surface area contributed by atoms with Gasteiger partial charge in [-0.1, -0.05) is 62.5 Å². The van der Waals surface area contributed by atoms with E-state index in [0.29, 0.717) is 30.3 Å². The number of aliphatic hydroxyl groups is 1. The van der Waals surface area contributed by atoms with Crippen LogP contribution in [0.2, 0.25) is 0 Å². The van der Waals surface area contributed by atoms with Crippen molar-refractivity contribution < 1.29 is 14.3 Å². The Balaban J connectivity index is 1.76. The molecule has 0 bridgehead atoms. The van der Waals surface area contributed by atoms with E-state index < -0.39 is 6.10 Å². The largest absolute Gasteiger partial charge is 0.493 e. The summed E-state index contributed by atoms with van der Waals surface area (Å²) in [6.07, 6.45) is 19.0. The van der Waals surface area contributed by atoms with Gasteiger partial charge in [0.2, 0.25) is 0 Å². The molecule has 2 rings (SSSR count). The van der Waals surface area contributed by atoms with E-state index in [1.807, 2.05) is 42.5 Å². The van der Waals surface area contributed by atoms with Crippen LogP contribution in [0, 0.1) is 5.92 Å². The highest BCUT2D eigenvalue weighted by atomic mass is 16.5. The molecule has 0 aliphatic heterocycles. The summed E-state index contributed by atoms with van der Waals surface area (Å²) in [5.74, 6) is 1.12. The Labute approximate surface area is 178 Å². The van der Waals surface area contributed by atoms with Crippen LogP contribution in [0.15, 0.2) is 88.2 Å². The SMILES string of the molecule is CC/C=C\C[C@H](O)/C=C/C=C\C=C\[C@@H](CC)CCOc1ccc2ccc(=O)oc2c1. The molecule has 0 saturated heterocycles. The van der Waals surface area contributed by atoms with E-state index in [-0.39, 0.29) is 5.63 Å². The Morgan fingerprint density at radius 1 is 1.03 bits per heavy atom. The van der Waals surface area contributed by atoms with Gasteiger partial charge in [-0.25, -0.2) is 4.79 Å². The molecule has 1 aromatic carbocycles. The van der Waals surface area contributed by atoms with Gasteiger partial charge in [-0.15, -0.1) is 0 Å². The molecule has 0 fully saturated rings. The number of benzene rings is 1. The van der Waals surface area contributed by atoms with Crippen LogP contribution in [0.1, 0.15) is 39.5 Å². The van der Waals surface area contributed by atoms with E-state index in [9.17, 15) is 9.90 Å². The van der Waals surface area contributed by atoms with Gasteiger partial charge in [-0.3, -0.25) is 0 Å². The minimum absolute atomic E-state index is 0.360. The topological polar surface area (TPSA) is 59.7 Å². The lowest BCUT2D eigenvalue weighted by Gasteiger charge is -2.11. The van der Waals surface area contributed by atoms with Gasteiger partial charge in [0, 0.05) is 17.5 Å². The van der Waals surface area contributed by atoms with Crippen molar-refractivity contribution in [2.75, 3.05) is 6.61 Å². The smallest absolute Gasteiger partial charge is 0.336 e. The van der Waals surface area contributed by atoms with Crippen molar-refractivity contribution in [3.05, 3.63) is 89.4 Å². The summed E-state index contributed by atoms with van der Waals surface area (Å²) < 4.78 is 11.0. The van der Waals surface area contributed by atoms with Crippen LogP contribution in [0.4, 0.5) is 0 Å². The summed E-state index contributed by atoms with van der Waals surface area (Å²) in [6.45, 7) is 4.82. The highest BCUT2D eigenvalue weighted by molar-refractivity contribution is 5.77. The number of hydrogen-bond acceptors (Lipinski definition) is 4. The standard InChI is InChI=1S/C26H32O4/c1-3-5-8-12-23(27)13-10-7-6-9-11-21(4-2)18-19-29-24-16-14-22-15-17-26(28)30-25(22)20-24/h5-11,13-17,20-21,23,27H,3-4,12,18-19H2,1-2H3/b7-6-,8-5-,11-9+,13-10+/t21-,23+/m1/s1. The van der Waals surface area contributed by atoms with Gasteiger partial charge in [-0.2, -0.15) is 0 Å². The molecule has 0 aliphatic rings.